The number of aromatic nitrogens is 2. The normalized spacial score (nSPS) is 13.2. The van der Waals surface area contributed by atoms with Crippen molar-refractivity contribution < 1.29 is 111 Å². The van der Waals surface area contributed by atoms with Crippen molar-refractivity contribution in [1.29, 1.82) is 0 Å². The quantitative estimate of drug-likeness (QED) is 0.0103. The van der Waals surface area contributed by atoms with Gasteiger partial charge in [-0.3, -0.25) is 23.8 Å². The molecule has 33 heteroatoms. The summed E-state index contributed by atoms with van der Waals surface area (Å²) < 4.78 is 150. The van der Waals surface area contributed by atoms with Crippen LogP contribution in [0.1, 0.15) is 44.0 Å². The van der Waals surface area contributed by atoms with E-state index in [2.05, 4.69) is 35.6 Å². The zero-order valence-corrected chi connectivity index (χ0v) is 49.6. The first-order valence-electron chi connectivity index (χ1n) is 28.2. The van der Waals surface area contributed by atoms with Gasteiger partial charge in [0.15, 0.2) is 16.5 Å². The van der Waals surface area contributed by atoms with E-state index in [0.717, 1.165) is 5.56 Å². The van der Waals surface area contributed by atoms with E-state index < -0.39 is 56.4 Å². The van der Waals surface area contributed by atoms with Crippen molar-refractivity contribution in [1.82, 2.24) is 31.0 Å². The number of hydroxylamine groups is 2. The maximum atomic E-state index is 14.0. The first-order chi connectivity index (χ1) is 42.5. The molecule has 0 saturated carbocycles. The van der Waals surface area contributed by atoms with E-state index in [1.54, 1.807) is 18.5 Å². The summed E-state index contributed by atoms with van der Waals surface area (Å²) in [4.78, 5) is 66.9. The summed E-state index contributed by atoms with van der Waals surface area (Å²) in [5, 5.41) is 9.58. The van der Waals surface area contributed by atoms with Crippen molar-refractivity contribution in [2.24, 2.45) is 10.7 Å². The molecule has 0 bridgehead atoms. The number of carbonyl (C=O) groups excluding carboxylic acids is 4. The number of urea groups is 1. The minimum Gasteiger partial charge on any atom is -0.420 e. The minimum absolute atomic E-state index is 0.00375. The number of nitrogens with zero attached hydrogens (tertiary/aromatic N) is 4. The van der Waals surface area contributed by atoms with E-state index in [0.29, 0.717) is 147 Å². The van der Waals surface area contributed by atoms with Crippen LogP contribution in [0, 0.1) is 23.3 Å². The van der Waals surface area contributed by atoms with Gasteiger partial charge in [-0.15, -0.1) is 0 Å². The van der Waals surface area contributed by atoms with Gasteiger partial charge >= 0.3 is 22.1 Å². The number of benzene rings is 2. The number of hydrogen-bond donors (Lipinski definition) is 5. The van der Waals surface area contributed by atoms with E-state index in [4.69, 9.17) is 67.2 Å². The molecule has 28 nitrogen and oxygen atoms in total. The van der Waals surface area contributed by atoms with Crippen molar-refractivity contribution in [2.45, 2.75) is 50.1 Å². The van der Waals surface area contributed by atoms with Gasteiger partial charge in [0.2, 0.25) is 23.3 Å². The van der Waals surface area contributed by atoms with Gasteiger partial charge in [-0.1, -0.05) is 19.1 Å². The molecular formula is C55H76F4N8O20S. The minimum atomic E-state index is -5.65. The van der Waals surface area contributed by atoms with Gasteiger partial charge in [0.25, 0.3) is 5.91 Å². The Morgan fingerprint density at radius 3 is 1.62 bits per heavy atom. The predicted molar refractivity (Wildman–Crippen MR) is 301 cm³/mol. The second kappa shape index (κ2) is 41.0. The lowest BCUT2D eigenvalue weighted by molar-refractivity contribution is -0.181. The van der Waals surface area contributed by atoms with Crippen LogP contribution in [0.4, 0.5) is 28.0 Å². The Labute approximate surface area is 506 Å². The number of esters is 1. The van der Waals surface area contributed by atoms with Crippen molar-refractivity contribution in [3.05, 3.63) is 70.8 Å². The number of halogens is 4. The van der Waals surface area contributed by atoms with Gasteiger partial charge in [-0.05, 0) is 24.1 Å². The Morgan fingerprint density at radius 1 is 0.670 bits per heavy atom. The highest BCUT2D eigenvalue weighted by Gasteiger charge is 2.34. The summed E-state index contributed by atoms with van der Waals surface area (Å²) in [6, 6.07) is 5.22. The highest BCUT2D eigenvalue weighted by molar-refractivity contribution is 7.85. The van der Waals surface area contributed by atoms with Gasteiger partial charge in [-0.25, -0.2) is 33.6 Å². The molecule has 1 saturated heterocycles. The van der Waals surface area contributed by atoms with E-state index in [1.807, 2.05) is 25.1 Å². The average Bonchev–Trinajstić information content (AvgIpc) is 1.87. The SMILES string of the molecule is CCCN(OCCNC(=O)NC1COC1)C(=O)C1=Cc2ccc(-c3cnc(CNC(=O)CCOCCOCCOCCOCCOCCOCCOCCOCCOCCOCCC(=O)Oc4c(F)c(F)c(S(=O)(=O)O)c(F)c4F)nc3)cc2N=C(N)C1. The summed E-state index contributed by atoms with van der Waals surface area (Å²) in [5.74, 6) is -12.6. The van der Waals surface area contributed by atoms with Crippen LogP contribution in [-0.2, 0) is 88.0 Å². The molecule has 2 aliphatic heterocycles. The Balaban J connectivity index is 0.755. The summed E-state index contributed by atoms with van der Waals surface area (Å²) in [6.07, 6.45) is 5.38. The number of amidine groups is 1. The van der Waals surface area contributed by atoms with E-state index in [1.165, 1.54) is 5.06 Å². The Bertz CT molecular complexity index is 2800. The fourth-order valence-electron chi connectivity index (χ4n) is 7.51. The molecule has 5 rings (SSSR count). The number of nitrogens with two attached hydrogens (primary N) is 1. The summed E-state index contributed by atoms with van der Waals surface area (Å²) in [6.45, 7) is 9.21. The lowest BCUT2D eigenvalue weighted by Crippen LogP contribution is -2.52. The standard InChI is InChI=1S/C55H76F4N8O20S/c1-2-8-67(86-11-7-61-55(71)65-42-36-85-37-42)54(70)40-30-39-4-3-38(31-43(39)66-44(60)32-40)41-33-62-45(63-34-41)35-64-46(68)5-9-75-12-14-77-16-18-79-20-22-81-24-26-83-28-29-84-27-25-82-23-21-80-19-17-78-15-13-76-10-6-47(69)87-52-48(56)50(58)53(88(72,73)74)51(59)49(52)57/h3-4,30-31,33-34,42H,2,5-29,32,35-37H2,1H3,(H2,60,66)(H,64,68)(H2,61,65,71)(H,72,73,74). The van der Waals surface area contributed by atoms with Crippen molar-refractivity contribution in [3.8, 4) is 16.9 Å². The number of hydrogen-bond acceptors (Lipinski definition) is 23. The van der Waals surface area contributed by atoms with Crippen LogP contribution in [0.2, 0.25) is 0 Å². The van der Waals surface area contributed by atoms with Crippen LogP contribution < -0.4 is 26.4 Å². The van der Waals surface area contributed by atoms with Crippen molar-refractivity contribution in [3.63, 3.8) is 0 Å². The van der Waals surface area contributed by atoms with Crippen LogP contribution in [0.3, 0.4) is 0 Å². The van der Waals surface area contributed by atoms with Gasteiger partial charge in [0.1, 0.15) is 11.7 Å². The van der Waals surface area contributed by atoms with E-state index >= 15 is 0 Å². The van der Waals surface area contributed by atoms with Gasteiger partial charge in [-0.2, -0.15) is 17.2 Å². The molecule has 490 valence electrons. The van der Waals surface area contributed by atoms with E-state index in [-0.39, 0.29) is 102 Å². The number of nitrogens with one attached hydrogen (secondary N) is 3. The second-order valence-corrected chi connectivity index (χ2v) is 20.1. The molecule has 0 spiro atoms. The maximum Gasteiger partial charge on any atom is 0.315 e. The first kappa shape index (κ1) is 72.3. The molecule has 0 radical (unpaired) electrons. The molecule has 6 N–H and O–H groups in total. The molecule has 0 unspecified atom stereocenters. The van der Waals surface area contributed by atoms with Crippen LogP contribution in [-0.4, -0.2) is 229 Å². The second-order valence-electron chi connectivity index (χ2n) is 18.7. The summed E-state index contributed by atoms with van der Waals surface area (Å²) >= 11 is 0. The van der Waals surface area contributed by atoms with Crippen molar-refractivity contribution in [2.75, 3.05) is 165 Å². The predicted octanol–water partition coefficient (Wildman–Crippen LogP) is 2.76. The monoisotopic (exact) mass is 1280 g/mol. The number of carbonyl (C=O) groups is 4. The number of ether oxygens (including phenoxy) is 12. The van der Waals surface area contributed by atoms with Gasteiger partial charge in [0, 0.05) is 55.0 Å². The molecular weight excluding hydrogens is 1200 g/mol. The summed E-state index contributed by atoms with van der Waals surface area (Å²) in [5.41, 5.74) is 9.46. The fourth-order valence-corrected chi connectivity index (χ4v) is 8.14. The highest BCUT2D eigenvalue weighted by Crippen LogP contribution is 2.34. The highest BCUT2D eigenvalue weighted by atomic mass is 32.2. The molecule has 1 aromatic heterocycles. The van der Waals surface area contributed by atoms with Crippen LogP contribution in [0.5, 0.6) is 5.75 Å². The van der Waals surface area contributed by atoms with Crippen molar-refractivity contribution >= 4 is 51.5 Å². The van der Waals surface area contributed by atoms with Gasteiger partial charge < -0.3 is 78.5 Å². The van der Waals surface area contributed by atoms with Crippen LogP contribution in [0.15, 0.2) is 46.1 Å². The zero-order valence-electron chi connectivity index (χ0n) is 48.7. The smallest absolute Gasteiger partial charge is 0.315 e. The molecule has 2 aromatic carbocycles. The lowest BCUT2D eigenvalue weighted by atomic mass is 10.0. The largest absolute Gasteiger partial charge is 0.420 e. The Morgan fingerprint density at radius 2 is 1.16 bits per heavy atom. The van der Waals surface area contributed by atoms with Gasteiger partial charge in [0.05, 0.1) is 177 Å². The Hall–Kier alpha value is -6.44. The topological polar surface area (TPSA) is 346 Å². The third-order valence-corrected chi connectivity index (χ3v) is 12.8. The maximum absolute atomic E-state index is 14.0. The number of aliphatic imine (C=N–C) groups is 1. The fraction of sp³-hybridized carbons (Fsp3) is 0.582. The molecule has 1 fully saturated rings. The average molecular weight is 1280 g/mol. The molecule has 3 aromatic rings. The molecule has 4 amide bonds. The van der Waals surface area contributed by atoms with Crippen LogP contribution >= 0.6 is 0 Å². The molecule has 2 aliphatic rings. The third kappa shape index (κ3) is 27.1. The first-order valence-corrected chi connectivity index (χ1v) is 29.6. The summed E-state index contributed by atoms with van der Waals surface area (Å²) in [7, 11) is -5.65. The lowest BCUT2D eigenvalue weighted by Gasteiger charge is -2.27. The number of rotatable bonds is 46. The number of fused-ring (bicyclic) bond motifs is 1. The molecule has 3 heterocycles. The number of amides is 4. The molecule has 88 heavy (non-hydrogen) atoms. The zero-order chi connectivity index (χ0) is 63.4. The van der Waals surface area contributed by atoms with E-state index in [9.17, 15) is 45.2 Å². The molecule has 0 aliphatic carbocycles. The molecule has 0 atom stereocenters. The Kier molecular flexibility index (Phi) is 33.7. The van der Waals surface area contributed by atoms with Crippen LogP contribution in [0.25, 0.3) is 17.2 Å². The third-order valence-electron chi connectivity index (χ3n) is 11.9.